The van der Waals surface area contributed by atoms with Crippen molar-refractivity contribution in [1.82, 2.24) is 0 Å². The van der Waals surface area contributed by atoms with E-state index in [9.17, 15) is 0 Å². The summed E-state index contributed by atoms with van der Waals surface area (Å²) in [5.74, 6) is 0. The maximum absolute atomic E-state index is 4.80. The van der Waals surface area contributed by atoms with Crippen LogP contribution in [0.1, 0.15) is 11.1 Å². The Morgan fingerprint density at radius 1 is 0.410 bits per heavy atom. The van der Waals surface area contributed by atoms with Gasteiger partial charge in [0.2, 0.25) is 0 Å². The fourth-order valence-electron chi connectivity index (χ4n) is 10.1. The van der Waals surface area contributed by atoms with Gasteiger partial charge in [0.15, 0.2) is 0 Å². The Hall–Kier alpha value is -7.52. The van der Waals surface area contributed by atoms with Crippen molar-refractivity contribution in [2.45, 2.75) is 0 Å². The van der Waals surface area contributed by atoms with Gasteiger partial charge in [-0.25, -0.2) is 0 Å². The van der Waals surface area contributed by atoms with E-state index < -0.39 is 9.52 Å². The molecule has 61 heavy (non-hydrogen) atoms. The molecule has 2 heterocycles. The van der Waals surface area contributed by atoms with E-state index >= 15 is 0 Å². The Labute approximate surface area is 358 Å². The Kier molecular flexibility index (Phi) is 8.33. The lowest BCUT2D eigenvalue weighted by molar-refractivity contribution is 1.10. The summed E-state index contributed by atoms with van der Waals surface area (Å²) in [6.07, 6.45) is 6.91. The number of allylic oxidation sites excluding steroid dienone is 4. The van der Waals surface area contributed by atoms with Gasteiger partial charge in [0, 0.05) is 23.5 Å². The maximum Gasteiger partial charge on any atom is 0.0892 e. The molecule has 2 aliphatic rings. The minimum absolute atomic E-state index is 0.725. The van der Waals surface area contributed by atoms with Crippen LogP contribution in [0.2, 0.25) is 0 Å². The highest BCUT2D eigenvalue weighted by Gasteiger charge is 2.24. The number of fused-ring (bicyclic) bond motifs is 9. The van der Waals surface area contributed by atoms with Gasteiger partial charge in [0.1, 0.15) is 0 Å². The molecule has 0 saturated carbocycles. The molecule has 0 radical (unpaired) electrons. The predicted octanol–water partition coefficient (Wildman–Crippen LogP) is 13.5. The normalized spacial score (nSPS) is 15.2. The molecule has 2 heteroatoms. The number of rotatable bonds is 4. The Bertz CT molecular complexity index is 3500. The molecule has 1 nitrogen and oxygen atoms in total. The van der Waals surface area contributed by atoms with Crippen LogP contribution in [0, 0.1) is 0 Å². The zero-order valence-corrected chi connectivity index (χ0v) is 35.2. The van der Waals surface area contributed by atoms with E-state index in [4.69, 9.17) is 6.58 Å². The highest BCUT2D eigenvalue weighted by atomic mass is 28.2. The zero-order chi connectivity index (χ0) is 40.4. The quantitative estimate of drug-likeness (QED) is 0.127. The van der Waals surface area contributed by atoms with E-state index in [1.807, 2.05) is 0 Å². The van der Waals surface area contributed by atoms with Crippen molar-refractivity contribution in [2.24, 2.45) is 0 Å². The van der Waals surface area contributed by atoms with E-state index in [0.29, 0.717) is 0 Å². The summed E-state index contributed by atoms with van der Waals surface area (Å²) in [4.78, 5) is 2.49. The van der Waals surface area contributed by atoms with Crippen molar-refractivity contribution in [2.75, 3.05) is 11.4 Å². The first-order valence-corrected chi connectivity index (χ1v) is 22.7. The maximum atomic E-state index is 4.80. The second-order valence-electron chi connectivity index (χ2n) is 16.5. The number of hydrogen-bond donors (Lipinski definition) is 0. The van der Waals surface area contributed by atoms with Crippen LogP contribution in [-0.2, 0) is 0 Å². The minimum Gasteiger partial charge on any atom is -0.337 e. The second kappa shape index (κ2) is 14.3. The van der Waals surface area contributed by atoms with Crippen LogP contribution >= 0.6 is 0 Å². The molecule has 0 atom stereocenters. The van der Waals surface area contributed by atoms with E-state index in [-0.39, 0.29) is 0 Å². The van der Waals surface area contributed by atoms with Crippen molar-refractivity contribution in [3.8, 4) is 33.4 Å². The molecular formula is C59H41NSi. The molecular weight excluding hydrogens is 751 g/mol. The molecule has 10 aromatic carbocycles. The van der Waals surface area contributed by atoms with Crippen molar-refractivity contribution >= 4 is 85.5 Å². The summed E-state index contributed by atoms with van der Waals surface area (Å²) < 4.78 is 0. The van der Waals surface area contributed by atoms with Gasteiger partial charge in [-0.1, -0.05) is 193 Å². The van der Waals surface area contributed by atoms with Gasteiger partial charge >= 0.3 is 0 Å². The van der Waals surface area contributed by atoms with Crippen molar-refractivity contribution in [3.05, 3.63) is 230 Å². The van der Waals surface area contributed by atoms with Crippen LogP contribution in [-0.4, -0.2) is 16.1 Å². The molecule has 10 aromatic rings. The molecule has 0 aromatic heterocycles. The van der Waals surface area contributed by atoms with Crippen LogP contribution in [0.3, 0.4) is 0 Å². The number of anilines is 2. The third kappa shape index (κ3) is 5.98. The van der Waals surface area contributed by atoms with Crippen LogP contribution in [0.4, 0.5) is 11.4 Å². The van der Waals surface area contributed by atoms with E-state index in [2.05, 4.69) is 217 Å². The van der Waals surface area contributed by atoms with Gasteiger partial charge in [-0.15, -0.1) is 0 Å². The summed E-state index contributed by atoms with van der Waals surface area (Å²) in [5.41, 5.74) is 14.7. The fraction of sp³-hybridized carbons (Fsp3) is 0.0169. The van der Waals surface area contributed by atoms with Crippen LogP contribution in [0.25, 0.3) is 87.6 Å². The van der Waals surface area contributed by atoms with E-state index in [0.717, 1.165) is 28.9 Å². The van der Waals surface area contributed by atoms with Gasteiger partial charge < -0.3 is 4.90 Å². The predicted molar refractivity (Wildman–Crippen MR) is 267 cm³/mol. The van der Waals surface area contributed by atoms with Gasteiger partial charge in [-0.05, 0) is 130 Å². The SMILES string of the molecule is C=C1/C=C(c2cccc3ccccc23)\C=C/CN(c2ccc3c(c2)[SiH2]c2cc(-c4cc5ccccc5c5ccccc45)ccc2-3)c2ccc(-c3cccc4ccccc34)cc21. The van der Waals surface area contributed by atoms with Gasteiger partial charge in [0.05, 0.1) is 9.52 Å². The largest absolute Gasteiger partial charge is 0.337 e. The van der Waals surface area contributed by atoms with Crippen LogP contribution < -0.4 is 15.3 Å². The highest BCUT2D eigenvalue weighted by Crippen LogP contribution is 2.41. The topological polar surface area (TPSA) is 3.24 Å². The third-order valence-electron chi connectivity index (χ3n) is 13.0. The Balaban J connectivity index is 0.960. The molecule has 0 fully saturated rings. The third-order valence-corrected chi connectivity index (χ3v) is 14.9. The number of nitrogens with zero attached hydrogens (tertiary/aromatic N) is 1. The summed E-state index contributed by atoms with van der Waals surface area (Å²) in [6.45, 7) is 5.53. The summed E-state index contributed by atoms with van der Waals surface area (Å²) >= 11 is 0. The number of benzene rings is 10. The second-order valence-corrected chi connectivity index (χ2v) is 18.4. The smallest absolute Gasteiger partial charge is 0.0892 e. The van der Waals surface area contributed by atoms with Gasteiger partial charge in [-0.3, -0.25) is 0 Å². The molecule has 0 bridgehead atoms. The molecule has 12 rings (SSSR count). The minimum atomic E-state index is -0.742. The Morgan fingerprint density at radius 2 is 1.00 bits per heavy atom. The lowest BCUT2D eigenvalue weighted by atomic mass is 9.92. The summed E-state index contributed by atoms with van der Waals surface area (Å²) in [6, 6.07) is 72.0. The molecule has 0 aliphatic carbocycles. The first-order valence-electron chi connectivity index (χ1n) is 21.3. The average Bonchev–Trinajstić information content (AvgIpc) is 3.71. The highest BCUT2D eigenvalue weighted by molar-refractivity contribution is 6.73. The lowest BCUT2D eigenvalue weighted by Crippen LogP contribution is -2.24. The molecule has 2 aliphatic heterocycles. The van der Waals surface area contributed by atoms with Crippen LogP contribution in [0.5, 0.6) is 0 Å². The van der Waals surface area contributed by atoms with Crippen LogP contribution in [0.15, 0.2) is 219 Å². The monoisotopic (exact) mass is 791 g/mol. The van der Waals surface area contributed by atoms with Gasteiger partial charge in [-0.2, -0.15) is 0 Å². The first-order chi connectivity index (χ1) is 30.1. The van der Waals surface area contributed by atoms with Crippen molar-refractivity contribution < 1.29 is 0 Å². The number of hydrogen-bond acceptors (Lipinski definition) is 1. The van der Waals surface area contributed by atoms with Gasteiger partial charge in [0.25, 0.3) is 0 Å². The van der Waals surface area contributed by atoms with Crippen molar-refractivity contribution in [1.29, 1.82) is 0 Å². The fourth-order valence-corrected chi connectivity index (χ4v) is 12.1. The summed E-state index contributed by atoms with van der Waals surface area (Å²) in [5, 5.41) is 13.2. The first kappa shape index (κ1) is 35.4. The van der Waals surface area contributed by atoms with Crippen molar-refractivity contribution in [3.63, 3.8) is 0 Å². The molecule has 0 saturated heterocycles. The molecule has 0 spiro atoms. The average molecular weight is 792 g/mol. The molecule has 0 amide bonds. The van der Waals surface area contributed by atoms with E-state index in [1.165, 1.54) is 98.1 Å². The zero-order valence-electron chi connectivity index (χ0n) is 33.8. The molecule has 286 valence electrons. The molecule has 0 N–H and O–H groups in total. The lowest BCUT2D eigenvalue weighted by Gasteiger charge is -2.27. The summed E-state index contributed by atoms with van der Waals surface area (Å²) in [7, 11) is -0.742. The Morgan fingerprint density at radius 3 is 1.79 bits per heavy atom. The molecule has 0 unspecified atom stereocenters. The van der Waals surface area contributed by atoms with E-state index in [1.54, 1.807) is 0 Å². The standard InChI is InChI=1S/C59H41NSi/c1-38-33-41(48-24-10-16-39-13-2-5-19-46(39)48)18-12-32-60(57-31-27-43(34-55(38)57)49-25-11-17-40-14-3-6-20-47(40)49)45-28-30-54-53-29-26-44(36-58(53)61-59(54)37-45)56-35-42-15-4-7-21-50(42)51-22-8-9-23-52(51)56/h2-31,33-37H,1,32,61H2/b18-12-,41-33+.